The van der Waals surface area contributed by atoms with Crippen molar-refractivity contribution in [3.05, 3.63) is 54.3 Å². The molecule has 0 aliphatic carbocycles. The zero-order valence-corrected chi connectivity index (χ0v) is 17.9. The molecule has 30 heavy (non-hydrogen) atoms. The molecule has 0 atom stereocenters. The number of sulfonamides is 1. The number of carbonyl (C=O) groups excluding carboxylic acids is 2. The van der Waals surface area contributed by atoms with Crippen LogP contribution in [0.25, 0.3) is 0 Å². The van der Waals surface area contributed by atoms with Crippen LogP contribution in [0.3, 0.4) is 0 Å². The number of para-hydroxylation sites is 2. The first-order chi connectivity index (χ1) is 13.9. The third kappa shape index (κ3) is 6.73. The summed E-state index contributed by atoms with van der Waals surface area (Å²) in [6.45, 7) is 4.83. The van der Waals surface area contributed by atoms with Crippen molar-refractivity contribution in [2.45, 2.75) is 31.3 Å². The van der Waals surface area contributed by atoms with Gasteiger partial charge < -0.3 is 15.0 Å². The van der Waals surface area contributed by atoms with Crippen LogP contribution in [0.2, 0.25) is 0 Å². The summed E-state index contributed by atoms with van der Waals surface area (Å²) in [5.74, 6) is -1.10. The van der Waals surface area contributed by atoms with Gasteiger partial charge in [0.1, 0.15) is 18.0 Å². The van der Waals surface area contributed by atoms with E-state index >= 15 is 0 Å². The summed E-state index contributed by atoms with van der Waals surface area (Å²) >= 11 is 0. The predicted molar refractivity (Wildman–Crippen MR) is 111 cm³/mol. The van der Waals surface area contributed by atoms with Gasteiger partial charge in [0.25, 0.3) is 10.0 Å². The molecule has 8 nitrogen and oxygen atoms in total. The van der Waals surface area contributed by atoms with Gasteiger partial charge in [-0.3, -0.25) is 9.52 Å². The van der Waals surface area contributed by atoms with Crippen LogP contribution in [0.15, 0.2) is 53.4 Å². The number of ether oxygens (including phenoxy) is 1. The molecular weight excluding hydrogens is 413 g/mol. The van der Waals surface area contributed by atoms with Gasteiger partial charge in [-0.05, 0) is 57.2 Å². The smallest absolute Gasteiger partial charge is 0.410 e. The highest BCUT2D eigenvalue weighted by Gasteiger charge is 2.22. The number of likely N-dealkylation sites (N-methyl/N-ethyl adjacent to an activating group) is 1. The zero-order valence-electron chi connectivity index (χ0n) is 17.1. The number of nitrogens with zero attached hydrogens (tertiary/aromatic N) is 1. The summed E-state index contributed by atoms with van der Waals surface area (Å²) in [7, 11) is -2.58. The standard InChI is InChI=1S/C20H24FN3O5S/c1-20(2,3)29-19(26)24(4)13-18(25)22-16-7-5-6-8-17(16)23-30(27,28)15-11-9-14(21)10-12-15/h5-12,23H,13H2,1-4H3,(H,22,25). The number of halogens is 1. The Bertz CT molecular complexity index is 1020. The first-order valence-electron chi connectivity index (χ1n) is 8.99. The van der Waals surface area contributed by atoms with Crippen LogP contribution in [0.1, 0.15) is 20.8 Å². The third-order valence-corrected chi connectivity index (χ3v) is 5.04. The van der Waals surface area contributed by atoms with Crippen molar-refractivity contribution in [3.8, 4) is 0 Å². The number of carbonyl (C=O) groups is 2. The lowest BCUT2D eigenvalue weighted by molar-refractivity contribution is -0.117. The molecule has 0 aliphatic rings. The summed E-state index contributed by atoms with van der Waals surface area (Å²) in [5.41, 5.74) is -0.381. The lowest BCUT2D eigenvalue weighted by Gasteiger charge is -2.24. The molecule has 2 rings (SSSR count). The predicted octanol–water partition coefficient (Wildman–Crippen LogP) is 3.43. The van der Waals surface area contributed by atoms with Crippen molar-refractivity contribution < 1.29 is 27.1 Å². The van der Waals surface area contributed by atoms with Crippen LogP contribution in [0.4, 0.5) is 20.6 Å². The molecule has 0 bridgehead atoms. The van der Waals surface area contributed by atoms with Crippen molar-refractivity contribution >= 4 is 33.4 Å². The maximum atomic E-state index is 13.1. The van der Waals surface area contributed by atoms with Gasteiger partial charge in [-0.25, -0.2) is 17.6 Å². The number of hydrogen-bond acceptors (Lipinski definition) is 5. The van der Waals surface area contributed by atoms with Crippen molar-refractivity contribution in [2.24, 2.45) is 0 Å². The average Bonchev–Trinajstić information content (AvgIpc) is 2.62. The minimum absolute atomic E-state index is 0.120. The molecule has 2 aromatic carbocycles. The van der Waals surface area contributed by atoms with Gasteiger partial charge in [-0.2, -0.15) is 0 Å². The van der Waals surface area contributed by atoms with E-state index in [-0.39, 0.29) is 22.8 Å². The largest absolute Gasteiger partial charge is 0.444 e. The van der Waals surface area contributed by atoms with Crippen LogP contribution < -0.4 is 10.0 Å². The first kappa shape index (κ1) is 23.1. The quantitative estimate of drug-likeness (QED) is 0.720. The van der Waals surface area contributed by atoms with E-state index in [4.69, 9.17) is 4.74 Å². The van der Waals surface area contributed by atoms with Crippen molar-refractivity contribution in [1.82, 2.24) is 4.90 Å². The second kappa shape index (κ2) is 9.12. The highest BCUT2D eigenvalue weighted by atomic mass is 32.2. The maximum absolute atomic E-state index is 13.1. The summed E-state index contributed by atoms with van der Waals surface area (Å²) in [5, 5.41) is 2.57. The van der Waals surface area contributed by atoms with Gasteiger partial charge in [0.2, 0.25) is 5.91 Å². The summed E-state index contributed by atoms with van der Waals surface area (Å²) in [6.07, 6.45) is -0.664. The highest BCUT2D eigenvalue weighted by Crippen LogP contribution is 2.24. The van der Waals surface area contributed by atoms with E-state index in [0.717, 1.165) is 29.2 Å². The van der Waals surface area contributed by atoms with Crippen molar-refractivity contribution in [1.29, 1.82) is 0 Å². The molecule has 2 aromatic rings. The molecule has 162 valence electrons. The molecular formula is C20H24FN3O5S. The molecule has 0 saturated heterocycles. The van der Waals surface area contributed by atoms with E-state index in [1.165, 1.54) is 19.2 Å². The van der Waals surface area contributed by atoms with Gasteiger partial charge in [0, 0.05) is 7.05 Å². The Morgan fingerprint density at radius 2 is 1.60 bits per heavy atom. The van der Waals surface area contributed by atoms with Crippen LogP contribution in [0, 0.1) is 5.82 Å². The molecule has 2 amide bonds. The molecule has 0 radical (unpaired) electrons. The first-order valence-corrected chi connectivity index (χ1v) is 10.5. The summed E-state index contributed by atoms with van der Waals surface area (Å²) < 4.78 is 45.7. The van der Waals surface area contributed by atoms with Crippen LogP contribution in [0.5, 0.6) is 0 Å². The Morgan fingerprint density at radius 3 is 2.17 bits per heavy atom. The maximum Gasteiger partial charge on any atom is 0.410 e. The van der Waals surface area contributed by atoms with Crippen LogP contribution in [-0.4, -0.2) is 44.5 Å². The fourth-order valence-corrected chi connectivity index (χ4v) is 3.39. The number of nitrogens with one attached hydrogen (secondary N) is 2. The van der Waals surface area contributed by atoms with Crippen molar-refractivity contribution in [2.75, 3.05) is 23.6 Å². The number of benzene rings is 2. The average molecular weight is 437 g/mol. The minimum atomic E-state index is -4.00. The van der Waals surface area contributed by atoms with Crippen molar-refractivity contribution in [3.63, 3.8) is 0 Å². The highest BCUT2D eigenvalue weighted by molar-refractivity contribution is 7.92. The Hall–Kier alpha value is -3.14. The molecule has 2 N–H and O–H groups in total. The topological polar surface area (TPSA) is 105 Å². The molecule has 10 heteroatoms. The Morgan fingerprint density at radius 1 is 1.03 bits per heavy atom. The SMILES string of the molecule is CN(CC(=O)Nc1ccccc1NS(=O)(=O)c1ccc(F)cc1)C(=O)OC(C)(C)C. The number of anilines is 2. The molecule has 0 aliphatic heterocycles. The third-order valence-electron chi connectivity index (χ3n) is 3.66. The molecule has 0 aromatic heterocycles. The molecule has 0 fully saturated rings. The normalized spacial score (nSPS) is 11.5. The molecule has 0 unspecified atom stereocenters. The fraction of sp³-hybridized carbons (Fsp3) is 0.300. The van der Waals surface area contributed by atoms with E-state index in [0.29, 0.717) is 0 Å². The second-order valence-corrected chi connectivity index (χ2v) is 9.17. The van der Waals surface area contributed by atoms with E-state index in [1.807, 2.05) is 0 Å². The van der Waals surface area contributed by atoms with Crippen LogP contribution in [-0.2, 0) is 19.6 Å². The lowest BCUT2D eigenvalue weighted by Crippen LogP contribution is -2.38. The van der Waals surface area contributed by atoms with Gasteiger partial charge in [0.15, 0.2) is 0 Å². The fourth-order valence-electron chi connectivity index (χ4n) is 2.31. The van der Waals surface area contributed by atoms with E-state index < -0.39 is 33.4 Å². The Kier molecular flexibility index (Phi) is 7.04. The summed E-state index contributed by atoms with van der Waals surface area (Å²) in [6, 6.07) is 10.5. The lowest BCUT2D eigenvalue weighted by atomic mass is 10.2. The number of hydrogen-bond donors (Lipinski definition) is 2. The van der Waals surface area contributed by atoms with E-state index in [1.54, 1.807) is 32.9 Å². The van der Waals surface area contributed by atoms with Gasteiger partial charge in [-0.15, -0.1) is 0 Å². The number of rotatable bonds is 6. The van der Waals surface area contributed by atoms with Gasteiger partial charge in [-0.1, -0.05) is 12.1 Å². The Labute approximate surface area is 175 Å². The van der Waals surface area contributed by atoms with E-state index in [2.05, 4.69) is 10.0 Å². The number of amides is 2. The van der Waals surface area contributed by atoms with Gasteiger partial charge in [0.05, 0.1) is 16.3 Å². The second-order valence-electron chi connectivity index (χ2n) is 7.49. The van der Waals surface area contributed by atoms with E-state index in [9.17, 15) is 22.4 Å². The monoisotopic (exact) mass is 437 g/mol. The Balaban J connectivity index is 2.10. The minimum Gasteiger partial charge on any atom is -0.444 e. The molecule has 0 heterocycles. The summed E-state index contributed by atoms with van der Waals surface area (Å²) in [4.78, 5) is 25.3. The molecule has 0 saturated carbocycles. The van der Waals surface area contributed by atoms with Crippen LogP contribution >= 0.6 is 0 Å². The molecule has 0 spiro atoms. The van der Waals surface area contributed by atoms with Gasteiger partial charge >= 0.3 is 6.09 Å². The zero-order chi connectivity index (χ0) is 22.5.